The van der Waals surface area contributed by atoms with Gasteiger partial charge in [-0.15, -0.1) is 0 Å². The lowest BCUT2D eigenvalue weighted by molar-refractivity contribution is 0.0600. The number of hydrogen-bond acceptors (Lipinski definition) is 6. The molecule has 1 N–H and O–H groups in total. The lowest BCUT2D eigenvalue weighted by atomic mass is 10.2. The molecule has 1 aromatic carbocycles. The third kappa shape index (κ3) is 4.44. The molecule has 0 amide bonds. The summed E-state index contributed by atoms with van der Waals surface area (Å²) < 4.78 is 33.9. The lowest BCUT2D eigenvalue weighted by Crippen LogP contribution is -2.51. The molecule has 3 rings (SSSR count). The number of methoxy groups -OCH3 is 1. The average molecular weight is 390 g/mol. The molecule has 0 aliphatic carbocycles. The summed E-state index contributed by atoms with van der Waals surface area (Å²) in [5, 5.41) is 3.16. The topological polar surface area (TPSA) is 91.8 Å². The third-order valence-electron chi connectivity index (χ3n) is 4.28. The molecule has 8 nitrogen and oxygen atoms in total. The number of rotatable bonds is 6. The zero-order valence-electron chi connectivity index (χ0n) is 15.0. The van der Waals surface area contributed by atoms with Crippen LogP contribution < -0.4 is 9.62 Å². The standard InChI is InChI=1S/C18H22N4O4S/c1-26-18(23)15-7-8-16(20-13-15)14-22(17-5-3-2-4-6-17)27(24,25)21-11-9-19-10-12-21/h2-8,13,19H,9-12,14H2,1H3. The van der Waals surface area contributed by atoms with Gasteiger partial charge in [-0.2, -0.15) is 12.7 Å². The highest BCUT2D eigenvalue weighted by molar-refractivity contribution is 7.90. The fraction of sp³-hybridized carbons (Fsp3) is 0.333. The molecule has 1 saturated heterocycles. The number of piperazine rings is 1. The highest BCUT2D eigenvalue weighted by Gasteiger charge is 2.31. The van der Waals surface area contributed by atoms with Gasteiger partial charge in [0.1, 0.15) is 0 Å². The van der Waals surface area contributed by atoms with Crippen LogP contribution in [0.4, 0.5) is 5.69 Å². The molecule has 0 bridgehead atoms. The van der Waals surface area contributed by atoms with Crippen molar-refractivity contribution in [3.8, 4) is 0 Å². The maximum absolute atomic E-state index is 13.2. The number of nitrogens with one attached hydrogen (secondary N) is 1. The van der Waals surface area contributed by atoms with Crippen molar-refractivity contribution in [2.75, 3.05) is 37.6 Å². The molecule has 1 aromatic heterocycles. The van der Waals surface area contributed by atoms with Crippen molar-refractivity contribution in [3.63, 3.8) is 0 Å². The van der Waals surface area contributed by atoms with Crippen LogP contribution in [0.15, 0.2) is 48.7 Å². The lowest BCUT2D eigenvalue weighted by Gasteiger charge is -2.33. The van der Waals surface area contributed by atoms with Gasteiger partial charge in [0.15, 0.2) is 0 Å². The molecule has 0 unspecified atom stereocenters. The Morgan fingerprint density at radius 2 is 1.89 bits per heavy atom. The number of aromatic nitrogens is 1. The number of anilines is 1. The molecular formula is C18H22N4O4S. The van der Waals surface area contributed by atoms with E-state index in [1.165, 1.54) is 21.9 Å². The molecule has 2 heterocycles. The predicted molar refractivity (Wildman–Crippen MR) is 102 cm³/mol. The van der Waals surface area contributed by atoms with E-state index in [1.54, 1.807) is 36.4 Å². The minimum atomic E-state index is -3.71. The first kappa shape index (κ1) is 19.3. The number of esters is 1. The van der Waals surface area contributed by atoms with Gasteiger partial charge in [-0.05, 0) is 24.3 Å². The van der Waals surface area contributed by atoms with Crippen LogP contribution >= 0.6 is 0 Å². The first-order valence-electron chi connectivity index (χ1n) is 8.59. The van der Waals surface area contributed by atoms with Gasteiger partial charge >= 0.3 is 16.2 Å². The van der Waals surface area contributed by atoms with Crippen molar-refractivity contribution in [2.24, 2.45) is 0 Å². The number of nitrogens with zero attached hydrogens (tertiary/aromatic N) is 3. The van der Waals surface area contributed by atoms with Crippen LogP contribution in [0.3, 0.4) is 0 Å². The summed E-state index contributed by atoms with van der Waals surface area (Å²) in [7, 11) is -2.41. The second kappa shape index (κ2) is 8.47. The number of carbonyl (C=O) groups is 1. The van der Waals surface area contributed by atoms with Crippen molar-refractivity contribution in [1.29, 1.82) is 0 Å². The van der Waals surface area contributed by atoms with Crippen LogP contribution in [-0.4, -0.2) is 57.0 Å². The van der Waals surface area contributed by atoms with Gasteiger partial charge in [-0.1, -0.05) is 18.2 Å². The molecule has 1 fully saturated rings. The van der Waals surface area contributed by atoms with E-state index in [1.807, 2.05) is 6.07 Å². The Labute approximate surface area is 158 Å². The van der Waals surface area contributed by atoms with E-state index in [2.05, 4.69) is 15.0 Å². The fourth-order valence-electron chi connectivity index (χ4n) is 2.82. The maximum atomic E-state index is 13.2. The summed E-state index contributed by atoms with van der Waals surface area (Å²) in [5.74, 6) is -0.484. The highest BCUT2D eigenvalue weighted by Crippen LogP contribution is 2.23. The van der Waals surface area contributed by atoms with Crippen LogP contribution in [0.2, 0.25) is 0 Å². The van der Waals surface area contributed by atoms with Crippen molar-refractivity contribution < 1.29 is 17.9 Å². The van der Waals surface area contributed by atoms with Gasteiger partial charge in [-0.3, -0.25) is 9.29 Å². The van der Waals surface area contributed by atoms with E-state index >= 15 is 0 Å². The van der Waals surface area contributed by atoms with E-state index in [0.29, 0.717) is 43.1 Å². The molecule has 0 atom stereocenters. The smallest absolute Gasteiger partial charge is 0.339 e. The van der Waals surface area contributed by atoms with Gasteiger partial charge < -0.3 is 10.1 Å². The normalized spacial score (nSPS) is 15.3. The minimum absolute atomic E-state index is 0.0672. The van der Waals surface area contributed by atoms with Crippen LogP contribution in [-0.2, 0) is 21.5 Å². The molecule has 0 spiro atoms. The van der Waals surface area contributed by atoms with Crippen LogP contribution in [0.5, 0.6) is 0 Å². The van der Waals surface area contributed by atoms with Gasteiger partial charge in [0.05, 0.1) is 30.6 Å². The molecule has 2 aromatic rings. The molecular weight excluding hydrogens is 368 g/mol. The Morgan fingerprint density at radius 3 is 2.48 bits per heavy atom. The molecule has 27 heavy (non-hydrogen) atoms. The summed E-state index contributed by atoms with van der Waals surface area (Å²) >= 11 is 0. The van der Waals surface area contributed by atoms with Crippen LogP contribution in [0, 0.1) is 0 Å². The summed E-state index contributed by atoms with van der Waals surface area (Å²) in [5.41, 5.74) is 1.41. The molecule has 1 aliphatic rings. The summed E-state index contributed by atoms with van der Waals surface area (Å²) in [4.78, 5) is 15.8. The second-order valence-electron chi connectivity index (χ2n) is 6.03. The van der Waals surface area contributed by atoms with E-state index < -0.39 is 16.2 Å². The highest BCUT2D eigenvalue weighted by atomic mass is 32.2. The van der Waals surface area contributed by atoms with Crippen molar-refractivity contribution in [2.45, 2.75) is 6.54 Å². The van der Waals surface area contributed by atoms with Gasteiger partial charge in [0.2, 0.25) is 0 Å². The fourth-order valence-corrected chi connectivity index (χ4v) is 4.42. The van der Waals surface area contributed by atoms with Crippen molar-refractivity contribution in [3.05, 3.63) is 59.9 Å². The summed E-state index contributed by atoms with van der Waals surface area (Å²) in [6, 6.07) is 12.1. The van der Waals surface area contributed by atoms with E-state index in [4.69, 9.17) is 0 Å². The second-order valence-corrected chi connectivity index (χ2v) is 7.88. The van der Waals surface area contributed by atoms with Gasteiger partial charge in [0, 0.05) is 32.4 Å². The third-order valence-corrected chi connectivity index (χ3v) is 6.19. The Bertz CT molecular complexity index is 866. The number of ether oxygens (including phenoxy) is 1. The molecule has 9 heteroatoms. The van der Waals surface area contributed by atoms with E-state index in [-0.39, 0.29) is 6.54 Å². The Morgan fingerprint density at radius 1 is 1.19 bits per heavy atom. The van der Waals surface area contributed by atoms with Gasteiger partial charge in [0.25, 0.3) is 0 Å². The molecule has 0 radical (unpaired) electrons. The molecule has 1 aliphatic heterocycles. The largest absolute Gasteiger partial charge is 0.465 e. The number of benzene rings is 1. The Balaban J connectivity index is 1.90. The first-order valence-corrected chi connectivity index (χ1v) is 9.99. The predicted octanol–water partition coefficient (Wildman–Crippen LogP) is 1.02. The van der Waals surface area contributed by atoms with Crippen LogP contribution in [0.25, 0.3) is 0 Å². The van der Waals surface area contributed by atoms with E-state index in [0.717, 1.165) is 0 Å². The molecule has 0 saturated carbocycles. The zero-order chi connectivity index (χ0) is 19.3. The quantitative estimate of drug-likeness (QED) is 0.741. The van der Waals surface area contributed by atoms with Crippen molar-refractivity contribution >= 4 is 21.9 Å². The number of pyridine rings is 1. The van der Waals surface area contributed by atoms with Gasteiger partial charge in [-0.25, -0.2) is 4.79 Å². The van der Waals surface area contributed by atoms with Crippen molar-refractivity contribution in [1.82, 2.24) is 14.6 Å². The van der Waals surface area contributed by atoms with E-state index in [9.17, 15) is 13.2 Å². The Hall–Kier alpha value is -2.49. The molecule has 144 valence electrons. The average Bonchev–Trinajstić information content (AvgIpc) is 2.73. The summed E-state index contributed by atoms with van der Waals surface area (Å²) in [6.45, 7) is 2.14. The number of para-hydroxylation sites is 1. The SMILES string of the molecule is COC(=O)c1ccc(CN(c2ccccc2)S(=O)(=O)N2CCNCC2)nc1. The monoisotopic (exact) mass is 390 g/mol. The summed E-state index contributed by atoms with van der Waals surface area (Å²) in [6.07, 6.45) is 1.39. The zero-order valence-corrected chi connectivity index (χ0v) is 15.9. The Kier molecular flexibility index (Phi) is 6.04. The first-order chi connectivity index (χ1) is 13.0. The van der Waals surface area contributed by atoms with Crippen LogP contribution in [0.1, 0.15) is 16.1 Å². The maximum Gasteiger partial charge on any atom is 0.339 e. The number of carbonyl (C=O) groups excluding carboxylic acids is 1. The minimum Gasteiger partial charge on any atom is -0.465 e. The number of hydrogen-bond donors (Lipinski definition) is 1.